The van der Waals surface area contributed by atoms with Crippen molar-refractivity contribution in [2.75, 3.05) is 11.6 Å². The Morgan fingerprint density at radius 1 is 1.28 bits per heavy atom. The Balaban J connectivity index is 1.78. The van der Waals surface area contributed by atoms with Gasteiger partial charge in [-0.15, -0.1) is 0 Å². The van der Waals surface area contributed by atoms with Gasteiger partial charge in [0.15, 0.2) is 17.0 Å². The van der Waals surface area contributed by atoms with Gasteiger partial charge in [-0.05, 0) is 43.5 Å². The average molecular weight is 479 g/mol. The maximum absolute atomic E-state index is 13.3. The van der Waals surface area contributed by atoms with Gasteiger partial charge in [-0.25, -0.2) is 14.2 Å². The number of nitrogens with zero attached hydrogens (tertiary/aromatic N) is 3. The number of carbonyl (C=O) groups excluding carboxylic acids is 2. The second kappa shape index (κ2) is 9.79. The SMILES string of the molecule is CSc1ncc(C(=O)OC(C)C(=O)Nc2cc([N+](=O)[O-])ccc2Cl)n1-c1ccc(F)cc1. The first-order chi connectivity index (χ1) is 15.2. The van der Waals surface area contributed by atoms with E-state index >= 15 is 0 Å². The van der Waals surface area contributed by atoms with Crippen molar-refractivity contribution in [1.29, 1.82) is 0 Å². The van der Waals surface area contributed by atoms with E-state index < -0.39 is 28.7 Å². The molecule has 32 heavy (non-hydrogen) atoms. The number of nitro benzene ring substituents is 1. The molecule has 1 aromatic heterocycles. The Bertz CT molecular complexity index is 1190. The topological polar surface area (TPSA) is 116 Å². The third-order valence-electron chi connectivity index (χ3n) is 4.28. The number of hydrogen-bond acceptors (Lipinski definition) is 7. The van der Waals surface area contributed by atoms with E-state index in [-0.39, 0.29) is 22.1 Å². The van der Waals surface area contributed by atoms with Gasteiger partial charge in [0.2, 0.25) is 0 Å². The standard InChI is InChI=1S/C20H16ClFN4O5S/c1-11(18(27)24-16-9-14(26(29)30)7-8-15(16)21)31-19(28)17-10-23-20(32-2)25(17)13-5-3-12(22)4-6-13/h3-11H,1-2H3,(H,24,27). The van der Waals surface area contributed by atoms with Crippen LogP contribution in [0.3, 0.4) is 0 Å². The minimum absolute atomic E-state index is 0.00906. The lowest BCUT2D eigenvalue weighted by molar-refractivity contribution is -0.384. The van der Waals surface area contributed by atoms with Gasteiger partial charge >= 0.3 is 5.97 Å². The highest BCUT2D eigenvalue weighted by molar-refractivity contribution is 7.98. The second-order valence-corrected chi connectivity index (χ2v) is 7.58. The molecular weight excluding hydrogens is 463 g/mol. The Morgan fingerprint density at radius 3 is 2.59 bits per heavy atom. The number of amides is 1. The molecule has 9 nitrogen and oxygen atoms in total. The third-order valence-corrected chi connectivity index (χ3v) is 5.26. The van der Waals surface area contributed by atoms with Crippen LogP contribution >= 0.6 is 23.4 Å². The van der Waals surface area contributed by atoms with Gasteiger partial charge in [0.25, 0.3) is 11.6 Å². The number of rotatable bonds is 7. The molecule has 0 radical (unpaired) electrons. The number of nitro groups is 1. The van der Waals surface area contributed by atoms with Crippen LogP contribution in [0.5, 0.6) is 0 Å². The molecule has 3 rings (SSSR count). The zero-order valence-electron chi connectivity index (χ0n) is 16.7. The van der Waals surface area contributed by atoms with Crippen molar-refractivity contribution in [3.63, 3.8) is 0 Å². The molecule has 1 heterocycles. The van der Waals surface area contributed by atoms with Gasteiger partial charge in [0, 0.05) is 17.8 Å². The summed E-state index contributed by atoms with van der Waals surface area (Å²) in [6, 6.07) is 9.02. The summed E-state index contributed by atoms with van der Waals surface area (Å²) in [7, 11) is 0. The number of imidazole rings is 1. The van der Waals surface area contributed by atoms with Crippen LogP contribution in [-0.2, 0) is 9.53 Å². The maximum Gasteiger partial charge on any atom is 0.357 e. The van der Waals surface area contributed by atoms with E-state index in [1.54, 1.807) is 6.26 Å². The molecule has 1 unspecified atom stereocenters. The van der Waals surface area contributed by atoms with Crippen LogP contribution in [0.1, 0.15) is 17.4 Å². The number of anilines is 1. The molecule has 0 aliphatic carbocycles. The van der Waals surface area contributed by atoms with Crippen LogP contribution in [0.15, 0.2) is 53.8 Å². The van der Waals surface area contributed by atoms with E-state index in [4.69, 9.17) is 16.3 Å². The van der Waals surface area contributed by atoms with Gasteiger partial charge in [-0.3, -0.25) is 19.5 Å². The van der Waals surface area contributed by atoms with Crippen molar-refractivity contribution >= 4 is 46.6 Å². The Labute approximate surface area is 190 Å². The normalized spacial score (nSPS) is 11.6. The average Bonchev–Trinajstić information content (AvgIpc) is 3.19. The number of carbonyl (C=O) groups is 2. The highest BCUT2D eigenvalue weighted by Crippen LogP contribution is 2.27. The number of non-ortho nitro benzene ring substituents is 1. The van der Waals surface area contributed by atoms with Gasteiger partial charge < -0.3 is 10.1 Å². The summed E-state index contributed by atoms with van der Waals surface area (Å²) in [4.78, 5) is 39.7. The summed E-state index contributed by atoms with van der Waals surface area (Å²) in [5, 5.41) is 13.9. The molecule has 0 fully saturated rings. The number of thioether (sulfide) groups is 1. The van der Waals surface area contributed by atoms with Crippen molar-refractivity contribution in [1.82, 2.24) is 9.55 Å². The number of halogens is 2. The molecular formula is C20H16ClFN4O5S. The van der Waals surface area contributed by atoms with E-state index in [0.29, 0.717) is 10.8 Å². The molecule has 1 N–H and O–H groups in total. The van der Waals surface area contributed by atoms with E-state index in [2.05, 4.69) is 10.3 Å². The Hall–Kier alpha value is -3.44. The molecule has 0 saturated carbocycles. The summed E-state index contributed by atoms with van der Waals surface area (Å²) >= 11 is 7.25. The molecule has 166 valence electrons. The molecule has 0 bridgehead atoms. The lowest BCUT2D eigenvalue weighted by Crippen LogP contribution is -2.30. The van der Waals surface area contributed by atoms with Gasteiger partial charge in [-0.2, -0.15) is 0 Å². The number of hydrogen-bond donors (Lipinski definition) is 1. The van der Waals surface area contributed by atoms with E-state index in [1.165, 1.54) is 65.8 Å². The summed E-state index contributed by atoms with van der Waals surface area (Å²) in [6.07, 6.45) is 1.79. The zero-order chi connectivity index (χ0) is 23.4. The molecule has 0 saturated heterocycles. The minimum Gasteiger partial charge on any atom is -0.448 e. The van der Waals surface area contributed by atoms with Crippen molar-refractivity contribution in [3.05, 3.63) is 75.3 Å². The number of benzene rings is 2. The van der Waals surface area contributed by atoms with Crippen LogP contribution < -0.4 is 5.32 Å². The molecule has 2 aromatic carbocycles. The van der Waals surface area contributed by atoms with Crippen molar-refractivity contribution in [2.45, 2.75) is 18.2 Å². The fourth-order valence-corrected chi connectivity index (χ4v) is 3.40. The van der Waals surface area contributed by atoms with Crippen LogP contribution in [0, 0.1) is 15.9 Å². The highest BCUT2D eigenvalue weighted by Gasteiger charge is 2.25. The predicted octanol–water partition coefficient (Wildman–Crippen LogP) is 4.48. The summed E-state index contributed by atoms with van der Waals surface area (Å²) < 4.78 is 20.0. The third kappa shape index (κ3) is 5.06. The molecule has 12 heteroatoms. The first-order valence-corrected chi connectivity index (χ1v) is 10.6. The molecule has 0 aliphatic heterocycles. The maximum atomic E-state index is 13.3. The largest absolute Gasteiger partial charge is 0.448 e. The Morgan fingerprint density at radius 2 is 1.97 bits per heavy atom. The van der Waals surface area contributed by atoms with Gasteiger partial charge in [0.05, 0.1) is 21.8 Å². The van der Waals surface area contributed by atoms with Crippen LogP contribution in [-0.4, -0.2) is 38.7 Å². The number of nitrogens with one attached hydrogen (secondary N) is 1. The quantitative estimate of drug-likeness (QED) is 0.230. The lowest BCUT2D eigenvalue weighted by atomic mass is 10.2. The number of esters is 1. The predicted molar refractivity (Wildman–Crippen MR) is 117 cm³/mol. The van der Waals surface area contributed by atoms with E-state index in [1.807, 2.05) is 0 Å². The van der Waals surface area contributed by atoms with E-state index in [9.17, 15) is 24.1 Å². The van der Waals surface area contributed by atoms with Crippen LogP contribution in [0.25, 0.3) is 5.69 Å². The fourth-order valence-electron chi connectivity index (χ4n) is 2.69. The van der Waals surface area contributed by atoms with E-state index in [0.717, 1.165) is 6.07 Å². The highest BCUT2D eigenvalue weighted by atomic mass is 35.5. The summed E-state index contributed by atoms with van der Waals surface area (Å²) in [6.45, 7) is 1.34. The zero-order valence-corrected chi connectivity index (χ0v) is 18.3. The molecule has 1 atom stereocenters. The fraction of sp³-hybridized carbons (Fsp3) is 0.150. The summed E-state index contributed by atoms with van der Waals surface area (Å²) in [5.41, 5.74) is 0.270. The summed E-state index contributed by atoms with van der Waals surface area (Å²) in [5.74, 6) is -2.01. The van der Waals surface area contributed by atoms with Crippen molar-refractivity contribution in [3.8, 4) is 5.69 Å². The lowest BCUT2D eigenvalue weighted by Gasteiger charge is -2.15. The van der Waals surface area contributed by atoms with Crippen molar-refractivity contribution < 1.29 is 23.6 Å². The van der Waals surface area contributed by atoms with Crippen LogP contribution in [0.4, 0.5) is 15.8 Å². The molecule has 3 aromatic rings. The molecule has 1 amide bonds. The monoisotopic (exact) mass is 478 g/mol. The van der Waals surface area contributed by atoms with Crippen LogP contribution in [0.2, 0.25) is 5.02 Å². The second-order valence-electron chi connectivity index (χ2n) is 6.40. The van der Waals surface area contributed by atoms with Gasteiger partial charge in [-0.1, -0.05) is 23.4 Å². The van der Waals surface area contributed by atoms with Crippen molar-refractivity contribution in [2.24, 2.45) is 0 Å². The first kappa shape index (κ1) is 23.2. The minimum atomic E-state index is -1.26. The molecule has 0 aliphatic rings. The van der Waals surface area contributed by atoms with Gasteiger partial charge in [0.1, 0.15) is 5.82 Å². The Kier molecular flexibility index (Phi) is 7.11. The smallest absolute Gasteiger partial charge is 0.357 e. The number of aromatic nitrogens is 2. The number of ether oxygens (including phenoxy) is 1. The first-order valence-electron chi connectivity index (χ1n) is 9.04. The molecule has 0 spiro atoms.